The average Bonchev–Trinajstić information content (AvgIpc) is 2.97. The highest BCUT2D eigenvalue weighted by Crippen LogP contribution is 2.36. The van der Waals surface area contributed by atoms with Gasteiger partial charge >= 0.3 is 5.97 Å². The van der Waals surface area contributed by atoms with Gasteiger partial charge in [0, 0.05) is 16.6 Å². The third kappa shape index (κ3) is 3.09. The van der Waals surface area contributed by atoms with E-state index in [4.69, 9.17) is 4.74 Å². The van der Waals surface area contributed by atoms with Gasteiger partial charge in [-0.05, 0) is 48.7 Å². The first-order valence-electron chi connectivity index (χ1n) is 8.99. The number of rotatable bonds is 5. The van der Waals surface area contributed by atoms with Crippen LogP contribution in [0, 0.1) is 0 Å². The normalized spacial score (nSPS) is 12.3. The molecule has 1 N–H and O–H groups in total. The molecule has 6 nitrogen and oxygen atoms in total. The SMILES string of the molecule is CCOC(=O)c1ccc(NC(=O)CN2C(=O)c3cccc4cccc2c34)cc1. The van der Waals surface area contributed by atoms with Gasteiger partial charge in [-0.25, -0.2) is 4.79 Å². The van der Waals surface area contributed by atoms with E-state index in [0.717, 1.165) is 16.5 Å². The Morgan fingerprint density at radius 2 is 1.71 bits per heavy atom. The number of carbonyl (C=O) groups excluding carboxylic acids is 3. The molecule has 0 aromatic heterocycles. The van der Waals surface area contributed by atoms with Crippen LogP contribution in [0.5, 0.6) is 0 Å². The molecule has 4 rings (SSSR count). The van der Waals surface area contributed by atoms with Crippen LogP contribution in [0.3, 0.4) is 0 Å². The second kappa shape index (κ2) is 7.15. The van der Waals surface area contributed by atoms with E-state index in [0.29, 0.717) is 23.4 Å². The van der Waals surface area contributed by atoms with Crippen molar-refractivity contribution in [2.24, 2.45) is 0 Å². The van der Waals surface area contributed by atoms with Crippen LogP contribution in [0.1, 0.15) is 27.6 Å². The third-order valence-corrected chi connectivity index (χ3v) is 4.63. The lowest BCUT2D eigenvalue weighted by molar-refractivity contribution is -0.114. The predicted molar refractivity (Wildman–Crippen MR) is 107 cm³/mol. The molecule has 0 bridgehead atoms. The molecule has 3 aromatic carbocycles. The highest BCUT2D eigenvalue weighted by molar-refractivity contribution is 6.26. The van der Waals surface area contributed by atoms with Crippen molar-refractivity contribution < 1.29 is 19.1 Å². The maximum atomic E-state index is 12.7. The first-order valence-corrected chi connectivity index (χ1v) is 8.99. The zero-order chi connectivity index (χ0) is 19.7. The van der Waals surface area contributed by atoms with Gasteiger partial charge < -0.3 is 10.1 Å². The molecule has 0 spiro atoms. The van der Waals surface area contributed by atoms with Crippen molar-refractivity contribution in [2.75, 3.05) is 23.4 Å². The first kappa shape index (κ1) is 17.7. The number of hydrogen-bond donors (Lipinski definition) is 1. The maximum Gasteiger partial charge on any atom is 0.338 e. The summed E-state index contributed by atoms with van der Waals surface area (Å²) in [5.41, 5.74) is 2.31. The summed E-state index contributed by atoms with van der Waals surface area (Å²) in [6.07, 6.45) is 0. The maximum absolute atomic E-state index is 12.7. The van der Waals surface area contributed by atoms with Crippen molar-refractivity contribution >= 4 is 39.9 Å². The van der Waals surface area contributed by atoms with Crippen molar-refractivity contribution in [1.29, 1.82) is 0 Å². The van der Waals surface area contributed by atoms with Crippen molar-refractivity contribution in [2.45, 2.75) is 6.92 Å². The van der Waals surface area contributed by atoms with Crippen molar-refractivity contribution in [3.8, 4) is 0 Å². The zero-order valence-corrected chi connectivity index (χ0v) is 15.3. The molecule has 0 fully saturated rings. The Bertz CT molecular complexity index is 1080. The number of carbonyl (C=O) groups is 3. The first-order chi connectivity index (χ1) is 13.6. The van der Waals surface area contributed by atoms with Gasteiger partial charge in [0.2, 0.25) is 5.91 Å². The molecule has 28 heavy (non-hydrogen) atoms. The highest BCUT2D eigenvalue weighted by atomic mass is 16.5. The molecule has 1 heterocycles. The Hall–Kier alpha value is -3.67. The van der Waals surface area contributed by atoms with E-state index in [9.17, 15) is 14.4 Å². The summed E-state index contributed by atoms with van der Waals surface area (Å²) in [7, 11) is 0. The van der Waals surface area contributed by atoms with Crippen molar-refractivity contribution in [3.63, 3.8) is 0 Å². The van der Waals surface area contributed by atoms with Gasteiger partial charge in [-0.2, -0.15) is 0 Å². The van der Waals surface area contributed by atoms with Crippen molar-refractivity contribution in [1.82, 2.24) is 0 Å². The molecule has 3 aromatic rings. The van der Waals surface area contributed by atoms with Crippen LogP contribution in [0.4, 0.5) is 11.4 Å². The molecule has 0 saturated carbocycles. The van der Waals surface area contributed by atoms with Gasteiger partial charge in [0.1, 0.15) is 6.54 Å². The number of anilines is 2. The van der Waals surface area contributed by atoms with E-state index in [1.807, 2.05) is 30.3 Å². The van der Waals surface area contributed by atoms with E-state index in [1.54, 1.807) is 37.3 Å². The summed E-state index contributed by atoms with van der Waals surface area (Å²) in [6, 6.07) is 17.7. The summed E-state index contributed by atoms with van der Waals surface area (Å²) in [4.78, 5) is 38.4. The summed E-state index contributed by atoms with van der Waals surface area (Å²) >= 11 is 0. The number of hydrogen-bond acceptors (Lipinski definition) is 4. The molecule has 0 atom stereocenters. The number of nitrogens with one attached hydrogen (secondary N) is 1. The molecule has 0 aliphatic carbocycles. The Labute approximate surface area is 161 Å². The number of benzene rings is 3. The minimum Gasteiger partial charge on any atom is -0.462 e. The molecule has 0 unspecified atom stereocenters. The lowest BCUT2D eigenvalue weighted by Gasteiger charge is -2.17. The van der Waals surface area contributed by atoms with Crippen LogP contribution in [0.2, 0.25) is 0 Å². The van der Waals surface area contributed by atoms with Gasteiger partial charge in [0.15, 0.2) is 0 Å². The topological polar surface area (TPSA) is 75.7 Å². The van der Waals surface area contributed by atoms with Gasteiger partial charge in [0.25, 0.3) is 5.91 Å². The van der Waals surface area contributed by atoms with Gasteiger partial charge in [0.05, 0.1) is 17.9 Å². The quantitative estimate of drug-likeness (QED) is 0.692. The van der Waals surface area contributed by atoms with E-state index >= 15 is 0 Å². The lowest BCUT2D eigenvalue weighted by atomic mass is 10.1. The predicted octanol–water partition coefficient (Wildman–Crippen LogP) is 3.62. The number of ether oxygens (including phenoxy) is 1. The summed E-state index contributed by atoms with van der Waals surface area (Å²) in [5.74, 6) is -0.907. The third-order valence-electron chi connectivity index (χ3n) is 4.63. The lowest BCUT2D eigenvalue weighted by Crippen LogP contribution is -2.35. The van der Waals surface area contributed by atoms with Crippen LogP contribution >= 0.6 is 0 Å². The van der Waals surface area contributed by atoms with E-state index in [-0.39, 0.29) is 18.4 Å². The van der Waals surface area contributed by atoms with Crippen molar-refractivity contribution in [3.05, 3.63) is 71.8 Å². The fourth-order valence-electron chi connectivity index (χ4n) is 3.38. The van der Waals surface area contributed by atoms with E-state index in [1.165, 1.54) is 4.90 Å². The number of amides is 2. The van der Waals surface area contributed by atoms with Gasteiger partial charge in [-0.15, -0.1) is 0 Å². The smallest absolute Gasteiger partial charge is 0.338 e. The van der Waals surface area contributed by atoms with Crippen LogP contribution in [-0.4, -0.2) is 30.9 Å². The summed E-state index contributed by atoms with van der Waals surface area (Å²) in [5, 5.41) is 4.61. The Balaban J connectivity index is 1.49. The van der Waals surface area contributed by atoms with Crippen LogP contribution in [0.25, 0.3) is 10.8 Å². The molecule has 0 radical (unpaired) electrons. The van der Waals surface area contributed by atoms with Crippen LogP contribution in [-0.2, 0) is 9.53 Å². The molecule has 1 aliphatic rings. The number of esters is 1. The standard InChI is InChI=1S/C22H18N2O4/c1-2-28-22(27)15-9-11-16(12-10-15)23-19(25)13-24-18-8-4-6-14-5-3-7-17(20(14)18)21(24)26/h3-12H,2,13H2,1H3,(H,23,25). The van der Waals surface area contributed by atoms with E-state index in [2.05, 4.69) is 5.32 Å². The van der Waals surface area contributed by atoms with Crippen LogP contribution < -0.4 is 10.2 Å². The number of nitrogens with zero attached hydrogens (tertiary/aromatic N) is 1. The zero-order valence-electron chi connectivity index (χ0n) is 15.3. The van der Waals surface area contributed by atoms with Gasteiger partial charge in [-0.3, -0.25) is 14.5 Å². The highest BCUT2D eigenvalue weighted by Gasteiger charge is 2.30. The van der Waals surface area contributed by atoms with Gasteiger partial charge in [-0.1, -0.05) is 24.3 Å². The molecule has 140 valence electrons. The fraction of sp³-hybridized carbons (Fsp3) is 0.136. The Morgan fingerprint density at radius 3 is 2.43 bits per heavy atom. The molecule has 0 saturated heterocycles. The molecule has 2 amide bonds. The Kier molecular flexibility index (Phi) is 4.53. The minimum absolute atomic E-state index is 0.0910. The summed E-state index contributed by atoms with van der Waals surface area (Å²) in [6.45, 7) is 1.95. The minimum atomic E-state index is -0.408. The largest absolute Gasteiger partial charge is 0.462 e. The molecular formula is C22H18N2O4. The Morgan fingerprint density at radius 1 is 1.00 bits per heavy atom. The summed E-state index contributed by atoms with van der Waals surface area (Å²) < 4.78 is 4.94. The second-order valence-corrected chi connectivity index (χ2v) is 6.42. The average molecular weight is 374 g/mol. The van der Waals surface area contributed by atoms with E-state index < -0.39 is 5.97 Å². The molecular weight excluding hydrogens is 356 g/mol. The second-order valence-electron chi connectivity index (χ2n) is 6.42. The molecule has 1 aliphatic heterocycles. The van der Waals surface area contributed by atoms with Crippen LogP contribution in [0.15, 0.2) is 60.7 Å². The molecule has 6 heteroatoms. The fourth-order valence-corrected chi connectivity index (χ4v) is 3.38. The monoisotopic (exact) mass is 374 g/mol.